The lowest BCUT2D eigenvalue weighted by Crippen LogP contribution is -2.15. The van der Waals surface area contributed by atoms with Gasteiger partial charge in [-0.25, -0.2) is 13.2 Å². The summed E-state index contributed by atoms with van der Waals surface area (Å²) in [7, 11) is 0.0518. The van der Waals surface area contributed by atoms with E-state index in [2.05, 4.69) is 4.72 Å². The average molecular weight is 489 g/mol. The molecule has 0 aliphatic rings. The molecule has 35 heavy (non-hydrogen) atoms. The second kappa shape index (κ2) is 10.2. The molecule has 0 fully saturated rings. The molecule has 0 saturated carbocycles. The van der Waals surface area contributed by atoms with Gasteiger partial charge in [0.25, 0.3) is 10.0 Å². The fourth-order valence-corrected chi connectivity index (χ4v) is 5.55. The van der Waals surface area contributed by atoms with E-state index < -0.39 is 16.0 Å². The number of carboxylic acid groups (broad SMARTS) is 1. The minimum atomic E-state index is -3.82. The van der Waals surface area contributed by atoms with Crippen molar-refractivity contribution in [2.75, 3.05) is 23.7 Å². The molecule has 0 aliphatic heterocycles. The molecule has 6 nitrogen and oxygen atoms in total. The molecule has 0 aliphatic carbocycles. The molecule has 2 N–H and O–H groups in total. The maximum atomic E-state index is 13.5. The second-order valence-electron chi connectivity index (χ2n) is 8.64. The van der Waals surface area contributed by atoms with Gasteiger partial charge in [0.15, 0.2) is 0 Å². The Labute approximate surface area is 205 Å². The van der Waals surface area contributed by atoms with Crippen LogP contribution >= 0.6 is 0 Å². The molecular formula is C28H28N2O4S. The highest BCUT2D eigenvalue weighted by Crippen LogP contribution is 2.31. The van der Waals surface area contributed by atoms with E-state index in [-0.39, 0.29) is 10.5 Å². The molecular weight excluding hydrogens is 460 g/mol. The van der Waals surface area contributed by atoms with Crippen molar-refractivity contribution in [3.05, 3.63) is 102 Å². The maximum absolute atomic E-state index is 13.5. The van der Waals surface area contributed by atoms with Crippen molar-refractivity contribution in [2.45, 2.75) is 24.2 Å². The van der Waals surface area contributed by atoms with E-state index in [1.165, 1.54) is 0 Å². The van der Waals surface area contributed by atoms with Crippen molar-refractivity contribution >= 4 is 38.1 Å². The van der Waals surface area contributed by atoms with Crippen LogP contribution in [0.2, 0.25) is 0 Å². The van der Waals surface area contributed by atoms with Crippen LogP contribution in [-0.2, 0) is 22.9 Å². The topological polar surface area (TPSA) is 86.7 Å². The number of aromatic carboxylic acids is 1. The first-order valence-electron chi connectivity index (χ1n) is 11.4. The highest BCUT2D eigenvalue weighted by atomic mass is 32.2. The second-order valence-corrected chi connectivity index (χ2v) is 10.3. The molecule has 0 spiro atoms. The quantitative estimate of drug-likeness (QED) is 0.321. The van der Waals surface area contributed by atoms with Crippen molar-refractivity contribution in [3.63, 3.8) is 0 Å². The van der Waals surface area contributed by atoms with Crippen LogP contribution in [-0.4, -0.2) is 33.6 Å². The Hall–Kier alpha value is -3.84. The van der Waals surface area contributed by atoms with Crippen LogP contribution in [0.5, 0.6) is 0 Å². The number of nitrogens with zero attached hydrogens (tertiary/aromatic N) is 1. The Balaban J connectivity index is 1.54. The zero-order chi connectivity index (χ0) is 25.0. The van der Waals surface area contributed by atoms with Crippen LogP contribution in [0.1, 0.15) is 27.9 Å². The molecule has 0 radical (unpaired) electrons. The molecule has 0 amide bonds. The van der Waals surface area contributed by atoms with Gasteiger partial charge in [-0.1, -0.05) is 54.6 Å². The number of carboxylic acids is 1. The van der Waals surface area contributed by atoms with Crippen molar-refractivity contribution < 1.29 is 18.3 Å². The highest BCUT2D eigenvalue weighted by molar-refractivity contribution is 7.93. The number of benzene rings is 4. The minimum absolute atomic E-state index is 0.243. The number of sulfonamides is 1. The zero-order valence-corrected chi connectivity index (χ0v) is 20.5. The summed E-state index contributed by atoms with van der Waals surface area (Å²) in [5.41, 5.74) is 3.73. The monoisotopic (exact) mass is 488 g/mol. The van der Waals surface area contributed by atoms with E-state index in [1.807, 2.05) is 73.6 Å². The van der Waals surface area contributed by atoms with Gasteiger partial charge in [-0.3, -0.25) is 4.72 Å². The third-order valence-electron chi connectivity index (χ3n) is 6.00. The smallest absolute Gasteiger partial charge is 0.335 e. The van der Waals surface area contributed by atoms with Gasteiger partial charge in [0.2, 0.25) is 0 Å². The summed E-state index contributed by atoms with van der Waals surface area (Å²) in [5, 5.41) is 10.6. The Bertz CT molecular complexity index is 1460. The van der Waals surface area contributed by atoms with Crippen molar-refractivity contribution in [1.82, 2.24) is 0 Å². The van der Waals surface area contributed by atoms with Gasteiger partial charge in [0.1, 0.15) is 0 Å². The van der Waals surface area contributed by atoms with Gasteiger partial charge in [-0.2, -0.15) is 0 Å². The van der Waals surface area contributed by atoms with Gasteiger partial charge in [0, 0.05) is 30.6 Å². The number of nitrogens with one attached hydrogen (secondary N) is 1. The number of anilines is 2. The van der Waals surface area contributed by atoms with E-state index >= 15 is 0 Å². The molecule has 0 unspecified atom stereocenters. The molecule has 0 saturated heterocycles. The molecule has 0 heterocycles. The number of para-hydroxylation sites is 1. The first-order valence-corrected chi connectivity index (χ1v) is 12.9. The lowest BCUT2D eigenvalue weighted by atomic mass is 10.0. The SMILES string of the molecule is CN(C)c1cccc2c(S(=O)(=O)Nc3ccccc3CCCc3ccc(C(=O)O)cc3)cccc12. The molecule has 4 aromatic carbocycles. The Kier molecular flexibility index (Phi) is 7.07. The number of hydrogen-bond acceptors (Lipinski definition) is 4. The summed E-state index contributed by atoms with van der Waals surface area (Å²) < 4.78 is 29.7. The average Bonchev–Trinajstić information content (AvgIpc) is 2.84. The maximum Gasteiger partial charge on any atom is 0.335 e. The molecule has 4 aromatic rings. The van der Waals surface area contributed by atoms with Crippen LogP contribution in [0.4, 0.5) is 11.4 Å². The van der Waals surface area contributed by atoms with Gasteiger partial charge < -0.3 is 10.0 Å². The molecule has 4 rings (SSSR count). The standard InChI is InChI=1S/C28H28N2O4S/c1-30(2)26-14-6-12-24-23(26)11-7-15-27(24)35(33,34)29-25-13-4-3-9-21(25)10-5-8-20-16-18-22(19-17-20)28(31)32/h3-4,6-7,9,11-19,29H,5,8,10H2,1-2H3,(H,31,32). The fraction of sp³-hybridized carbons (Fsp3) is 0.179. The van der Waals surface area contributed by atoms with Crippen molar-refractivity contribution in [2.24, 2.45) is 0 Å². The van der Waals surface area contributed by atoms with Crippen molar-refractivity contribution in [3.8, 4) is 0 Å². The first kappa shape index (κ1) is 24.3. The van der Waals surface area contributed by atoms with E-state index in [1.54, 1.807) is 30.3 Å². The number of rotatable bonds is 9. The molecule has 0 aromatic heterocycles. The lowest BCUT2D eigenvalue weighted by molar-refractivity contribution is 0.0697. The minimum Gasteiger partial charge on any atom is -0.478 e. The predicted octanol–water partition coefficient (Wildman–Crippen LogP) is 5.58. The van der Waals surface area contributed by atoms with E-state index in [9.17, 15) is 13.2 Å². The zero-order valence-electron chi connectivity index (χ0n) is 19.7. The van der Waals surface area contributed by atoms with Gasteiger partial charge in [-0.15, -0.1) is 0 Å². The van der Waals surface area contributed by atoms with Crippen LogP contribution in [0.3, 0.4) is 0 Å². The normalized spacial score (nSPS) is 11.4. The Morgan fingerprint density at radius 2 is 1.51 bits per heavy atom. The van der Waals surface area contributed by atoms with Crippen LogP contribution in [0.15, 0.2) is 89.8 Å². The fourth-order valence-electron chi connectivity index (χ4n) is 4.22. The van der Waals surface area contributed by atoms with E-state index in [0.29, 0.717) is 17.5 Å². The molecule has 180 valence electrons. The Morgan fingerprint density at radius 3 is 2.23 bits per heavy atom. The first-order chi connectivity index (χ1) is 16.8. The lowest BCUT2D eigenvalue weighted by Gasteiger charge is -2.18. The summed E-state index contributed by atoms with van der Waals surface area (Å²) in [6.07, 6.45) is 2.24. The number of fused-ring (bicyclic) bond motifs is 1. The third-order valence-corrected chi connectivity index (χ3v) is 7.43. The summed E-state index contributed by atoms with van der Waals surface area (Å²) >= 11 is 0. The van der Waals surface area contributed by atoms with Crippen LogP contribution < -0.4 is 9.62 Å². The summed E-state index contributed by atoms with van der Waals surface area (Å²) in [6, 6.07) is 25.3. The summed E-state index contributed by atoms with van der Waals surface area (Å²) in [4.78, 5) is 13.2. The van der Waals surface area contributed by atoms with E-state index in [4.69, 9.17) is 5.11 Å². The van der Waals surface area contributed by atoms with Crippen molar-refractivity contribution in [1.29, 1.82) is 0 Å². The van der Waals surface area contributed by atoms with Gasteiger partial charge in [0.05, 0.1) is 16.1 Å². The predicted molar refractivity (Wildman–Crippen MR) is 141 cm³/mol. The summed E-state index contributed by atoms with van der Waals surface area (Å²) in [5.74, 6) is -0.943. The third kappa shape index (κ3) is 5.46. The molecule has 0 bridgehead atoms. The highest BCUT2D eigenvalue weighted by Gasteiger charge is 2.20. The van der Waals surface area contributed by atoms with Gasteiger partial charge >= 0.3 is 5.97 Å². The van der Waals surface area contributed by atoms with Crippen LogP contribution in [0.25, 0.3) is 10.8 Å². The van der Waals surface area contributed by atoms with Gasteiger partial charge in [-0.05, 0) is 60.7 Å². The van der Waals surface area contributed by atoms with Crippen LogP contribution in [0, 0.1) is 0 Å². The Morgan fingerprint density at radius 1 is 0.829 bits per heavy atom. The van der Waals surface area contributed by atoms with E-state index in [0.717, 1.165) is 35.0 Å². The number of aryl methyl sites for hydroxylation is 2. The number of hydrogen-bond donors (Lipinski definition) is 2. The number of carbonyl (C=O) groups is 1. The summed E-state index contributed by atoms with van der Waals surface area (Å²) in [6.45, 7) is 0. The largest absolute Gasteiger partial charge is 0.478 e. The molecule has 7 heteroatoms. The molecule has 0 atom stereocenters.